The van der Waals surface area contributed by atoms with Crippen LogP contribution >= 0.6 is 0 Å². The third-order valence-electron chi connectivity index (χ3n) is 11.6. The number of benzene rings is 7. The molecule has 3 heterocycles. The average molecular weight is 813 g/mol. The highest BCUT2D eigenvalue weighted by Gasteiger charge is 2.24. The fourth-order valence-electron chi connectivity index (χ4n) is 8.94. The van der Waals surface area contributed by atoms with Crippen molar-refractivity contribution < 1.29 is 0 Å². The van der Waals surface area contributed by atoms with Crippen molar-refractivity contribution in [2.75, 3.05) is 0 Å². The minimum absolute atomic E-state index is 0.227. The second-order valence-corrected chi connectivity index (χ2v) is 14.9. The van der Waals surface area contributed by atoms with E-state index in [-0.39, 0.29) is 33.4 Å². The molecule has 0 saturated carbocycles. The topological polar surface area (TPSA) is 189 Å². The second kappa shape index (κ2) is 15.1. The Morgan fingerprint density at radius 3 is 1.28 bits per heavy atom. The minimum Gasteiger partial charge on any atom is -0.309 e. The fourth-order valence-corrected chi connectivity index (χ4v) is 8.94. The first kappa shape index (κ1) is 38.0. The third-order valence-corrected chi connectivity index (χ3v) is 11.6. The van der Waals surface area contributed by atoms with Crippen LogP contribution in [0.3, 0.4) is 0 Å². The summed E-state index contributed by atoms with van der Waals surface area (Å²) in [5, 5.41) is 73.5. The number of nitrogens with zero attached hydrogens (tertiary/aromatic N) is 10. The number of hydrogen-bond donors (Lipinski definition) is 0. The van der Waals surface area contributed by atoms with Crippen LogP contribution in [0.4, 0.5) is 0 Å². The number of hydrogen-bond acceptors (Lipinski definition) is 8. The van der Waals surface area contributed by atoms with E-state index in [0.29, 0.717) is 39.1 Å². The molecule has 290 valence electrons. The first-order chi connectivity index (χ1) is 31.4. The minimum atomic E-state index is 0.227. The second-order valence-electron chi connectivity index (χ2n) is 14.9. The van der Waals surface area contributed by atoms with Gasteiger partial charge in [-0.25, -0.2) is 0 Å². The number of rotatable bonds is 5. The van der Waals surface area contributed by atoms with E-state index >= 15 is 0 Å². The Morgan fingerprint density at radius 2 is 0.812 bits per heavy atom. The van der Waals surface area contributed by atoms with Gasteiger partial charge in [-0.1, -0.05) is 48.5 Å². The molecule has 0 fully saturated rings. The van der Waals surface area contributed by atoms with Crippen molar-refractivity contribution in [2.24, 2.45) is 0 Å². The molecule has 0 bridgehead atoms. The summed E-state index contributed by atoms with van der Waals surface area (Å²) in [5.41, 5.74) is 10.2. The monoisotopic (exact) mass is 812 g/mol. The van der Waals surface area contributed by atoms with Gasteiger partial charge < -0.3 is 9.13 Å². The highest BCUT2D eigenvalue weighted by atomic mass is 15.0. The highest BCUT2D eigenvalue weighted by molar-refractivity contribution is 6.13. The number of para-hydroxylation sites is 2. The van der Waals surface area contributed by atoms with Gasteiger partial charge in [0.05, 0.1) is 121 Å². The SMILES string of the molecule is N#Cc1cc(C#N)c(-c2ccc3c(c2)c2ccccc2n3-c2ccc(C#N)cc2-c2ncccc2-n2c3ccccc3c3cc(-c4c(C#N)cc(C#N)cc4C#N)ccc32)c(C#N)c1. The molecule has 0 amide bonds. The Kier molecular flexibility index (Phi) is 8.94. The molecule has 0 saturated heterocycles. The number of nitriles is 7. The van der Waals surface area contributed by atoms with E-state index in [9.17, 15) is 36.8 Å². The summed E-state index contributed by atoms with van der Waals surface area (Å²) >= 11 is 0. The molecule has 0 aliphatic heterocycles. The molecule has 0 atom stereocenters. The maximum absolute atomic E-state index is 10.3. The molecule has 0 N–H and O–H groups in total. The maximum Gasteiger partial charge on any atom is 0.0999 e. The molecule has 3 aromatic heterocycles. The summed E-state index contributed by atoms with van der Waals surface area (Å²) in [6.07, 6.45) is 1.72. The van der Waals surface area contributed by atoms with Crippen molar-refractivity contribution in [1.82, 2.24) is 14.1 Å². The van der Waals surface area contributed by atoms with Crippen LogP contribution in [0, 0.1) is 79.3 Å². The number of pyridine rings is 1. The zero-order valence-corrected chi connectivity index (χ0v) is 33.3. The van der Waals surface area contributed by atoms with Crippen molar-refractivity contribution in [3.63, 3.8) is 0 Å². The van der Waals surface area contributed by atoms with Crippen molar-refractivity contribution in [3.05, 3.63) is 185 Å². The molecule has 0 aliphatic rings. The number of fused-ring (bicyclic) bond motifs is 6. The predicted molar refractivity (Wildman–Crippen MR) is 242 cm³/mol. The highest BCUT2D eigenvalue weighted by Crippen LogP contribution is 2.43. The normalized spacial score (nSPS) is 10.7. The molecule has 10 nitrogen and oxygen atoms in total. The van der Waals surface area contributed by atoms with Gasteiger partial charge in [-0.05, 0) is 102 Å². The summed E-state index contributed by atoms with van der Waals surface area (Å²) in [5.74, 6) is 0. The van der Waals surface area contributed by atoms with Gasteiger partial charge in [0.15, 0.2) is 0 Å². The lowest BCUT2D eigenvalue weighted by molar-refractivity contribution is 1.13. The Bertz CT molecular complexity index is 3930. The van der Waals surface area contributed by atoms with E-state index in [4.69, 9.17) is 4.98 Å². The van der Waals surface area contributed by atoms with Crippen LogP contribution in [0.15, 0.2) is 146 Å². The maximum atomic E-state index is 10.3. The van der Waals surface area contributed by atoms with Crippen LogP contribution in [0.1, 0.15) is 38.9 Å². The van der Waals surface area contributed by atoms with E-state index in [1.165, 1.54) is 24.3 Å². The average Bonchev–Trinajstić information content (AvgIpc) is 3.87. The van der Waals surface area contributed by atoms with Gasteiger partial charge in [-0.15, -0.1) is 0 Å². The van der Waals surface area contributed by atoms with Crippen molar-refractivity contribution >= 4 is 43.6 Å². The summed E-state index contributed by atoms with van der Waals surface area (Å²) < 4.78 is 4.26. The van der Waals surface area contributed by atoms with Crippen LogP contribution in [0.5, 0.6) is 0 Å². The van der Waals surface area contributed by atoms with Gasteiger partial charge in [0, 0.05) is 44.4 Å². The Hall–Kier alpha value is -10.3. The summed E-state index contributed by atoms with van der Waals surface area (Å²) in [6, 6.07) is 58.1. The molecule has 0 radical (unpaired) electrons. The van der Waals surface area contributed by atoms with E-state index in [2.05, 4.69) is 39.5 Å². The smallest absolute Gasteiger partial charge is 0.0999 e. The van der Waals surface area contributed by atoms with E-state index in [1.807, 2.05) is 121 Å². The molecule has 64 heavy (non-hydrogen) atoms. The van der Waals surface area contributed by atoms with Crippen LogP contribution in [0.25, 0.3) is 88.5 Å². The van der Waals surface area contributed by atoms with Gasteiger partial charge in [-0.3, -0.25) is 4.98 Å². The summed E-state index contributed by atoms with van der Waals surface area (Å²) in [7, 11) is 0. The molecule has 10 rings (SSSR count). The third kappa shape index (κ3) is 5.78. The van der Waals surface area contributed by atoms with Crippen LogP contribution in [-0.4, -0.2) is 14.1 Å². The van der Waals surface area contributed by atoms with Crippen LogP contribution in [0.2, 0.25) is 0 Å². The van der Waals surface area contributed by atoms with Gasteiger partial charge in [-0.2, -0.15) is 36.8 Å². The zero-order valence-electron chi connectivity index (χ0n) is 33.3. The first-order valence-corrected chi connectivity index (χ1v) is 19.8. The Morgan fingerprint density at radius 1 is 0.359 bits per heavy atom. The van der Waals surface area contributed by atoms with Gasteiger partial charge in [0.1, 0.15) is 0 Å². The van der Waals surface area contributed by atoms with Crippen molar-refractivity contribution in [3.8, 4) is 87.4 Å². The predicted octanol–water partition coefficient (Wildman–Crippen LogP) is 11.4. The van der Waals surface area contributed by atoms with Crippen LogP contribution in [-0.2, 0) is 0 Å². The molecule has 10 heteroatoms. The van der Waals surface area contributed by atoms with E-state index in [0.717, 1.165) is 55.0 Å². The van der Waals surface area contributed by atoms with E-state index in [1.54, 1.807) is 12.3 Å². The molecule has 0 aliphatic carbocycles. The standard InChI is InChI=1S/C54H24N10/c55-25-32-11-14-50(63-46-8-3-1-6-41(46)43-23-35(12-15-48(43)63)52-37(28-58)18-33(26-56)19-38(52)29-59)45(22-32)54-51(10-5-17-62-54)64-47-9-4-2-7-42(47)44-24-36(13-16-49(44)64)53-39(30-60)20-34(27-57)21-40(53)31-61/h1-24H. The lowest BCUT2D eigenvalue weighted by Gasteiger charge is -2.18. The fraction of sp³-hybridized carbons (Fsp3) is 0. The first-order valence-electron chi connectivity index (χ1n) is 19.8. The lowest BCUT2D eigenvalue weighted by atomic mass is 9.92. The molecular formula is C54H24N10. The van der Waals surface area contributed by atoms with Gasteiger partial charge in [0.2, 0.25) is 0 Å². The Labute approximate surface area is 365 Å². The van der Waals surface area contributed by atoms with Gasteiger partial charge >= 0.3 is 0 Å². The van der Waals surface area contributed by atoms with Gasteiger partial charge in [0.25, 0.3) is 0 Å². The molecular weight excluding hydrogens is 789 g/mol. The lowest BCUT2D eigenvalue weighted by Crippen LogP contribution is -2.03. The molecule has 10 aromatic rings. The summed E-state index contributed by atoms with van der Waals surface area (Å²) in [6.45, 7) is 0. The van der Waals surface area contributed by atoms with Crippen molar-refractivity contribution in [2.45, 2.75) is 0 Å². The van der Waals surface area contributed by atoms with Crippen LogP contribution < -0.4 is 0 Å². The largest absolute Gasteiger partial charge is 0.309 e. The number of aromatic nitrogens is 3. The zero-order chi connectivity index (χ0) is 44.1. The van der Waals surface area contributed by atoms with Crippen molar-refractivity contribution in [1.29, 1.82) is 36.8 Å². The Balaban J connectivity index is 1.22. The molecule has 0 unspecified atom stereocenters. The quantitative estimate of drug-likeness (QED) is 0.164. The molecule has 0 spiro atoms. The molecule has 7 aromatic carbocycles. The summed E-state index contributed by atoms with van der Waals surface area (Å²) in [4.78, 5) is 5.03. The van der Waals surface area contributed by atoms with E-state index < -0.39 is 0 Å².